The van der Waals surface area contributed by atoms with E-state index in [9.17, 15) is 0 Å². The summed E-state index contributed by atoms with van der Waals surface area (Å²) in [4.78, 5) is 7.84. The van der Waals surface area contributed by atoms with E-state index < -0.39 is 0 Å². The molecular formula is C13H12N2OS. The smallest absolute Gasteiger partial charge is 0.224 e. The number of hydrogen-bond donors (Lipinski definition) is 1. The van der Waals surface area contributed by atoms with Crippen molar-refractivity contribution in [3.63, 3.8) is 0 Å². The highest BCUT2D eigenvalue weighted by Crippen LogP contribution is 2.35. The van der Waals surface area contributed by atoms with Gasteiger partial charge in [0.05, 0.1) is 12.5 Å². The fourth-order valence-corrected chi connectivity index (χ4v) is 2.90. The van der Waals surface area contributed by atoms with Gasteiger partial charge in [0.15, 0.2) is 0 Å². The lowest BCUT2D eigenvalue weighted by atomic mass is 10.1. The van der Waals surface area contributed by atoms with E-state index in [2.05, 4.69) is 29.0 Å². The van der Waals surface area contributed by atoms with Crippen LogP contribution in [0.1, 0.15) is 5.69 Å². The maximum atomic E-state index is 5.13. The van der Waals surface area contributed by atoms with E-state index in [1.165, 1.54) is 10.9 Å². The van der Waals surface area contributed by atoms with E-state index in [1.54, 1.807) is 18.4 Å². The zero-order valence-electron chi connectivity index (χ0n) is 9.65. The number of ether oxygens (including phenoxy) is 1. The largest absolute Gasteiger partial charge is 0.480 e. The Morgan fingerprint density at radius 3 is 2.88 bits per heavy atom. The van der Waals surface area contributed by atoms with Gasteiger partial charge >= 0.3 is 0 Å². The van der Waals surface area contributed by atoms with Gasteiger partial charge in [0.25, 0.3) is 0 Å². The van der Waals surface area contributed by atoms with E-state index in [-0.39, 0.29) is 0 Å². The maximum absolute atomic E-state index is 5.13. The molecule has 0 bridgehead atoms. The third-order valence-electron chi connectivity index (χ3n) is 2.80. The van der Waals surface area contributed by atoms with Crippen molar-refractivity contribution in [2.75, 3.05) is 7.11 Å². The van der Waals surface area contributed by atoms with Gasteiger partial charge in [0.1, 0.15) is 5.01 Å². The van der Waals surface area contributed by atoms with E-state index in [1.807, 2.05) is 17.5 Å². The van der Waals surface area contributed by atoms with E-state index in [0.29, 0.717) is 5.88 Å². The molecule has 0 saturated heterocycles. The first-order valence-electron chi connectivity index (χ1n) is 5.37. The highest BCUT2D eigenvalue weighted by molar-refractivity contribution is 7.13. The molecule has 0 radical (unpaired) electrons. The van der Waals surface area contributed by atoms with Crippen LogP contribution in [-0.2, 0) is 0 Å². The lowest BCUT2D eigenvalue weighted by Crippen LogP contribution is -1.82. The number of aromatic amines is 1. The lowest BCUT2D eigenvalue weighted by molar-refractivity contribution is 0.401. The summed E-state index contributed by atoms with van der Waals surface area (Å²) in [6.45, 7) is 2.07. The van der Waals surface area contributed by atoms with Gasteiger partial charge in [-0.15, -0.1) is 11.3 Å². The van der Waals surface area contributed by atoms with Crippen LogP contribution in [-0.4, -0.2) is 17.1 Å². The third kappa shape index (κ3) is 1.61. The number of thiazole rings is 1. The molecule has 0 aliphatic rings. The zero-order valence-corrected chi connectivity index (χ0v) is 10.5. The molecule has 0 unspecified atom stereocenters. The number of aryl methyl sites for hydroxylation is 1. The minimum absolute atomic E-state index is 0.676. The van der Waals surface area contributed by atoms with Crippen molar-refractivity contribution < 1.29 is 4.74 Å². The Morgan fingerprint density at radius 1 is 1.29 bits per heavy atom. The minimum Gasteiger partial charge on any atom is -0.480 e. The number of H-pyrrole nitrogens is 1. The Bertz CT molecular complexity index is 669. The summed E-state index contributed by atoms with van der Waals surface area (Å²) >= 11 is 1.60. The van der Waals surface area contributed by atoms with Crippen LogP contribution < -0.4 is 4.74 Å². The number of fused-ring (bicyclic) bond motifs is 1. The molecule has 2 heterocycles. The summed E-state index contributed by atoms with van der Waals surface area (Å²) in [5, 5.41) is 4.13. The molecule has 0 saturated carbocycles. The minimum atomic E-state index is 0.676. The van der Waals surface area contributed by atoms with Crippen LogP contribution in [0.25, 0.3) is 21.5 Å². The predicted molar refractivity (Wildman–Crippen MR) is 70.7 cm³/mol. The molecule has 86 valence electrons. The lowest BCUT2D eigenvalue weighted by Gasteiger charge is -1.95. The van der Waals surface area contributed by atoms with Crippen LogP contribution in [0.5, 0.6) is 5.88 Å². The van der Waals surface area contributed by atoms with Crippen molar-refractivity contribution in [2.24, 2.45) is 0 Å². The second kappa shape index (κ2) is 3.89. The summed E-state index contributed by atoms with van der Waals surface area (Å²) in [5.41, 5.74) is 3.46. The molecule has 17 heavy (non-hydrogen) atoms. The number of rotatable bonds is 2. The summed E-state index contributed by atoms with van der Waals surface area (Å²) < 4.78 is 5.13. The molecule has 0 aliphatic heterocycles. The fourth-order valence-electron chi connectivity index (χ4n) is 2.02. The average Bonchev–Trinajstić information content (AvgIpc) is 2.91. The number of aromatic nitrogens is 2. The first-order chi connectivity index (χ1) is 8.29. The van der Waals surface area contributed by atoms with Gasteiger partial charge in [-0.25, -0.2) is 4.98 Å². The highest BCUT2D eigenvalue weighted by atomic mass is 32.1. The second-order valence-corrected chi connectivity index (χ2v) is 4.72. The van der Waals surface area contributed by atoms with E-state index >= 15 is 0 Å². The van der Waals surface area contributed by atoms with Gasteiger partial charge in [-0.3, -0.25) is 0 Å². The second-order valence-electron chi connectivity index (χ2n) is 3.87. The van der Waals surface area contributed by atoms with Gasteiger partial charge in [-0.1, -0.05) is 18.2 Å². The van der Waals surface area contributed by atoms with Crippen molar-refractivity contribution in [1.82, 2.24) is 9.97 Å². The molecular weight excluding hydrogens is 232 g/mol. The summed E-state index contributed by atoms with van der Waals surface area (Å²) in [6, 6.07) is 8.27. The summed E-state index contributed by atoms with van der Waals surface area (Å²) in [7, 11) is 1.64. The number of nitrogens with zero attached hydrogens (tertiary/aromatic N) is 1. The van der Waals surface area contributed by atoms with E-state index in [0.717, 1.165) is 16.2 Å². The molecule has 0 fully saturated rings. The van der Waals surface area contributed by atoms with Crippen LogP contribution in [0.15, 0.2) is 29.6 Å². The molecule has 1 N–H and O–H groups in total. The van der Waals surface area contributed by atoms with Crippen molar-refractivity contribution in [1.29, 1.82) is 0 Å². The molecule has 4 heteroatoms. The standard InChI is InChI=1S/C13H12N2OS/c1-8-12(13-15-11(16-2)7-17-13)9-5-3-4-6-10(9)14-8/h3-7,14H,1-2H3. The number of nitrogens with one attached hydrogen (secondary N) is 1. The fraction of sp³-hybridized carbons (Fsp3) is 0.154. The van der Waals surface area contributed by atoms with Crippen LogP contribution in [0.2, 0.25) is 0 Å². The first kappa shape index (κ1) is 10.4. The Hall–Kier alpha value is -1.81. The molecule has 1 aromatic carbocycles. The molecule has 3 rings (SSSR count). The Morgan fingerprint density at radius 2 is 2.12 bits per heavy atom. The number of benzene rings is 1. The van der Waals surface area contributed by atoms with Crippen molar-refractivity contribution in [3.8, 4) is 16.5 Å². The highest BCUT2D eigenvalue weighted by Gasteiger charge is 2.13. The van der Waals surface area contributed by atoms with Gasteiger partial charge < -0.3 is 9.72 Å². The Kier molecular flexibility index (Phi) is 2.37. The van der Waals surface area contributed by atoms with Crippen molar-refractivity contribution in [2.45, 2.75) is 6.92 Å². The molecule has 3 aromatic rings. The average molecular weight is 244 g/mol. The molecule has 0 aliphatic carbocycles. The monoisotopic (exact) mass is 244 g/mol. The van der Waals surface area contributed by atoms with Crippen molar-refractivity contribution >= 4 is 22.2 Å². The molecule has 0 atom stereocenters. The maximum Gasteiger partial charge on any atom is 0.224 e. The molecule has 2 aromatic heterocycles. The van der Waals surface area contributed by atoms with Crippen LogP contribution in [0.3, 0.4) is 0 Å². The van der Waals surface area contributed by atoms with E-state index in [4.69, 9.17) is 4.74 Å². The number of hydrogen-bond acceptors (Lipinski definition) is 3. The Labute approximate surface area is 103 Å². The predicted octanol–water partition coefficient (Wildman–Crippen LogP) is 3.61. The van der Waals surface area contributed by atoms with Crippen LogP contribution >= 0.6 is 11.3 Å². The molecule has 0 amide bonds. The Balaban J connectivity index is 2.25. The molecule has 3 nitrogen and oxygen atoms in total. The van der Waals surface area contributed by atoms with Gasteiger partial charge in [0, 0.05) is 22.2 Å². The quantitative estimate of drug-likeness (QED) is 0.747. The summed E-state index contributed by atoms with van der Waals surface area (Å²) in [6.07, 6.45) is 0. The van der Waals surface area contributed by atoms with Gasteiger partial charge in [0.2, 0.25) is 5.88 Å². The number of methoxy groups -OCH3 is 1. The number of para-hydroxylation sites is 1. The SMILES string of the molecule is COc1csc(-c2c(C)[nH]c3ccccc23)n1. The van der Waals surface area contributed by atoms with Crippen LogP contribution in [0.4, 0.5) is 0 Å². The van der Waals surface area contributed by atoms with Gasteiger partial charge in [-0.2, -0.15) is 0 Å². The zero-order chi connectivity index (χ0) is 11.8. The molecule has 0 spiro atoms. The van der Waals surface area contributed by atoms with Gasteiger partial charge in [-0.05, 0) is 13.0 Å². The third-order valence-corrected chi connectivity index (χ3v) is 3.64. The van der Waals surface area contributed by atoms with Crippen LogP contribution in [0, 0.1) is 6.92 Å². The van der Waals surface area contributed by atoms with Crippen molar-refractivity contribution in [3.05, 3.63) is 35.3 Å². The normalized spacial score (nSPS) is 10.9. The summed E-state index contributed by atoms with van der Waals surface area (Å²) in [5.74, 6) is 0.676. The first-order valence-corrected chi connectivity index (χ1v) is 6.25. The topological polar surface area (TPSA) is 37.9 Å².